The minimum atomic E-state index is -2.83. The van der Waals surface area contributed by atoms with E-state index in [2.05, 4.69) is 23.5 Å². The predicted molar refractivity (Wildman–Crippen MR) is 84.8 cm³/mol. The van der Waals surface area contributed by atoms with Crippen molar-refractivity contribution in [2.45, 2.75) is 59.3 Å². The Morgan fingerprint density at radius 1 is 1.05 bits per heavy atom. The molecule has 1 aliphatic heterocycles. The number of hydrogen-bond acceptors (Lipinski definition) is 3. The monoisotopic (exact) mass is 315 g/mol. The van der Waals surface area contributed by atoms with Crippen LogP contribution < -0.4 is 9.47 Å². The third-order valence-electron chi connectivity index (χ3n) is 3.57. The second kappa shape index (κ2) is 9.62. The van der Waals surface area contributed by atoms with E-state index < -0.39 is 6.61 Å². The highest BCUT2D eigenvalue weighted by Gasteiger charge is 2.23. The molecule has 0 atom stereocenters. The van der Waals surface area contributed by atoms with E-state index in [1.54, 1.807) is 18.2 Å². The highest BCUT2D eigenvalue weighted by molar-refractivity contribution is 5.39. The smallest absolute Gasteiger partial charge is 0.387 e. The molecule has 0 unspecified atom stereocenters. The molecule has 0 bridgehead atoms. The number of hydrogen-bond donors (Lipinski definition) is 0. The summed E-state index contributed by atoms with van der Waals surface area (Å²) in [4.78, 5) is 2.39. The zero-order valence-corrected chi connectivity index (χ0v) is 13.9. The van der Waals surface area contributed by atoms with Crippen molar-refractivity contribution in [1.82, 2.24) is 4.90 Å². The minimum absolute atomic E-state index is 0.0624. The van der Waals surface area contributed by atoms with Gasteiger partial charge in [-0.25, -0.2) is 0 Å². The molecular weight excluding hydrogens is 288 g/mol. The van der Waals surface area contributed by atoms with E-state index in [9.17, 15) is 8.78 Å². The molecule has 0 aromatic heterocycles. The number of ether oxygens (including phenoxy) is 2. The van der Waals surface area contributed by atoms with Crippen LogP contribution in [-0.2, 0) is 0 Å². The van der Waals surface area contributed by atoms with Crippen LogP contribution in [0.15, 0.2) is 24.3 Å². The second-order valence-corrected chi connectivity index (χ2v) is 5.27. The molecule has 5 heteroatoms. The van der Waals surface area contributed by atoms with Crippen molar-refractivity contribution >= 4 is 0 Å². The molecule has 3 nitrogen and oxygen atoms in total. The molecular formula is C17H27F2NO2. The van der Waals surface area contributed by atoms with Crippen LogP contribution in [0.5, 0.6) is 11.5 Å². The fraction of sp³-hybridized carbons (Fsp3) is 0.647. The molecule has 0 N–H and O–H groups in total. The molecule has 0 saturated carbocycles. The Bertz CT molecular complexity index is 419. The van der Waals surface area contributed by atoms with Crippen molar-refractivity contribution in [2.75, 3.05) is 13.1 Å². The number of likely N-dealkylation sites (tertiary alicyclic amines) is 1. The summed E-state index contributed by atoms with van der Waals surface area (Å²) in [5.74, 6) is 0.504. The molecule has 1 fully saturated rings. The first-order valence-electron chi connectivity index (χ1n) is 8.01. The number of alkyl halides is 2. The van der Waals surface area contributed by atoms with Gasteiger partial charge in [0.1, 0.15) is 6.10 Å². The summed E-state index contributed by atoms with van der Waals surface area (Å²) >= 11 is 0. The lowest BCUT2D eigenvalue weighted by Gasteiger charge is -2.34. The molecule has 1 saturated heterocycles. The minimum Gasteiger partial charge on any atom is -0.486 e. The van der Waals surface area contributed by atoms with Gasteiger partial charge >= 0.3 is 6.61 Å². The first kappa shape index (κ1) is 18.7. The summed E-state index contributed by atoms with van der Waals surface area (Å²) in [5, 5.41) is 0. The van der Waals surface area contributed by atoms with Gasteiger partial charge in [-0.15, -0.1) is 0 Å². The highest BCUT2D eigenvalue weighted by atomic mass is 19.3. The maximum Gasteiger partial charge on any atom is 0.387 e. The zero-order valence-electron chi connectivity index (χ0n) is 13.9. The van der Waals surface area contributed by atoms with Crippen LogP contribution in [0.25, 0.3) is 0 Å². The van der Waals surface area contributed by atoms with Gasteiger partial charge in [-0.2, -0.15) is 8.78 Å². The summed E-state index contributed by atoms with van der Waals surface area (Å²) in [6.07, 6.45) is 1.87. The Balaban J connectivity index is 0.00000116. The Kier molecular flexibility index (Phi) is 8.17. The zero-order chi connectivity index (χ0) is 16.5. The first-order chi connectivity index (χ1) is 10.6. The standard InChI is InChI=1S/C15H21F2NO2.C2H6/c1-11(2)18-9-7-12(8-10-18)19-13-5-3-4-6-14(13)20-15(16)17;1-2/h3-6,11-12,15H,7-10H2,1-2H3;1-2H3. The summed E-state index contributed by atoms with van der Waals surface area (Å²) in [6.45, 7) is 7.46. The van der Waals surface area contributed by atoms with Crippen LogP contribution >= 0.6 is 0 Å². The second-order valence-electron chi connectivity index (χ2n) is 5.27. The summed E-state index contributed by atoms with van der Waals surface area (Å²) in [6, 6.07) is 7.13. The van der Waals surface area contributed by atoms with Gasteiger partial charge in [0.2, 0.25) is 0 Å². The highest BCUT2D eigenvalue weighted by Crippen LogP contribution is 2.30. The van der Waals surface area contributed by atoms with Gasteiger partial charge in [-0.3, -0.25) is 0 Å². The fourth-order valence-electron chi connectivity index (χ4n) is 2.43. The SMILES string of the molecule is CC.CC(C)N1CCC(Oc2ccccc2OC(F)F)CC1. The Labute approximate surface area is 132 Å². The molecule has 0 amide bonds. The van der Waals surface area contributed by atoms with Gasteiger partial charge in [0.05, 0.1) is 0 Å². The lowest BCUT2D eigenvalue weighted by atomic mass is 10.1. The van der Waals surface area contributed by atoms with Crippen LogP contribution in [0.4, 0.5) is 8.78 Å². The molecule has 1 heterocycles. The van der Waals surface area contributed by atoms with E-state index in [-0.39, 0.29) is 11.9 Å². The van der Waals surface area contributed by atoms with Gasteiger partial charge in [0, 0.05) is 19.1 Å². The fourth-order valence-corrected chi connectivity index (χ4v) is 2.43. The Morgan fingerprint density at radius 2 is 1.59 bits per heavy atom. The van der Waals surface area contributed by atoms with Gasteiger partial charge in [0.25, 0.3) is 0 Å². The molecule has 1 aromatic carbocycles. The Hall–Kier alpha value is -1.36. The summed E-state index contributed by atoms with van der Waals surface area (Å²) < 4.78 is 35.0. The lowest BCUT2D eigenvalue weighted by molar-refractivity contribution is -0.0525. The van der Waals surface area contributed by atoms with E-state index in [1.807, 2.05) is 13.8 Å². The maximum absolute atomic E-state index is 12.3. The van der Waals surface area contributed by atoms with Crippen molar-refractivity contribution in [3.63, 3.8) is 0 Å². The van der Waals surface area contributed by atoms with Crippen LogP contribution in [0, 0.1) is 0 Å². The first-order valence-corrected chi connectivity index (χ1v) is 8.01. The summed E-state index contributed by atoms with van der Waals surface area (Å²) in [5.41, 5.74) is 0. The molecule has 1 aromatic rings. The topological polar surface area (TPSA) is 21.7 Å². The van der Waals surface area contributed by atoms with Crippen molar-refractivity contribution in [3.05, 3.63) is 24.3 Å². The normalized spacial score (nSPS) is 16.4. The van der Waals surface area contributed by atoms with Gasteiger partial charge in [0.15, 0.2) is 11.5 Å². The molecule has 0 aliphatic carbocycles. The van der Waals surface area contributed by atoms with Crippen molar-refractivity contribution in [3.8, 4) is 11.5 Å². The number of nitrogens with zero attached hydrogens (tertiary/aromatic N) is 1. The number of piperidine rings is 1. The lowest BCUT2D eigenvalue weighted by Crippen LogP contribution is -2.41. The molecule has 2 rings (SSSR count). The average molecular weight is 315 g/mol. The van der Waals surface area contributed by atoms with E-state index >= 15 is 0 Å². The van der Waals surface area contributed by atoms with Crippen LogP contribution in [0.2, 0.25) is 0 Å². The van der Waals surface area contributed by atoms with Gasteiger partial charge in [-0.1, -0.05) is 26.0 Å². The average Bonchev–Trinajstić information content (AvgIpc) is 2.51. The quantitative estimate of drug-likeness (QED) is 0.794. The number of para-hydroxylation sites is 2. The number of halogens is 2. The third kappa shape index (κ3) is 5.79. The van der Waals surface area contributed by atoms with Crippen molar-refractivity contribution < 1.29 is 18.3 Å². The van der Waals surface area contributed by atoms with Crippen molar-refractivity contribution in [2.24, 2.45) is 0 Å². The summed E-state index contributed by atoms with van der Waals surface area (Å²) in [7, 11) is 0. The predicted octanol–water partition coefficient (Wildman–Crippen LogP) is 4.57. The molecule has 0 radical (unpaired) electrons. The van der Waals surface area contributed by atoms with Gasteiger partial charge < -0.3 is 14.4 Å². The van der Waals surface area contributed by atoms with E-state index in [4.69, 9.17) is 4.74 Å². The number of benzene rings is 1. The molecule has 126 valence electrons. The van der Waals surface area contributed by atoms with Crippen LogP contribution in [0.1, 0.15) is 40.5 Å². The van der Waals surface area contributed by atoms with Gasteiger partial charge in [-0.05, 0) is 38.8 Å². The molecule has 1 aliphatic rings. The Morgan fingerprint density at radius 3 is 2.09 bits per heavy atom. The van der Waals surface area contributed by atoms with E-state index in [1.165, 1.54) is 6.07 Å². The van der Waals surface area contributed by atoms with Crippen molar-refractivity contribution in [1.29, 1.82) is 0 Å². The van der Waals surface area contributed by atoms with E-state index in [0.717, 1.165) is 25.9 Å². The third-order valence-corrected chi connectivity index (χ3v) is 3.57. The number of rotatable bonds is 5. The maximum atomic E-state index is 12.3. The molecule has 0 spiro atoms. The molecule has 22 heavy (non-hydrogen) atoms. The largest absolute Gasteiger partial charge is 0.486 e. The van der Waals surface area contributed by atoms with E-state index in [0.29, 0.717) is 11.8 Å². The van der Waals surface area contributed by atoms with Crippen LogP contribution in [0.3, 0.4) is 0 Å². The van der Waals surface area contributed by atoms with Crippen LogP contribution in [-0.4, -0.2) is 36.7 Å².